The molecule has 0 fully saturated rings. The van der Waals surface area contributed by atoms with E-state index in [-0.39, 0.29) is 0 Å². The first-order valence-corrected chi connectivity index (χ1v) is 7.72. The van der Waals surface area contributed by atoms with Crippen LogP contribution in [0.1, 0.15) is 27.7 Å². The molecule has 0 nitrogen and oxygen atoms in total. The Bertz CT molecular complexity index is 309. The molecule has 0 spiro atoms. The molecular weight excluding hydrogens is 263 g/mol. The fraction of sp³-hybridized carbons (Fsp3) is 0.267. The van der Waals surface area contributed by atoms with Crippen LogP contribution in [-0.2, 0) is 19.4 Å². The minimum atomic E-state index is 1.33. The quantitative estimate of drug-likeness (QED) is 0.429. The summed E-state index contributed by atoms with van der Waals surface area (Å²) >= 11 is 1.47. The van der Waals surface area contributed by atoms with Crippen LogP contribution in [0.5, 0.6) is 0 Å². The average Bonchev–Trinajstić information content (AvgIpc) is 2.82. The van der Waals surface area contributed by atoms with Crippen LogP contribution < -0.4 is 0 Å². The van der Waals surface area contributed by atoms with Crippen LogP contribution in [0.4, 0.5) is 0 Å². The molecule has 0 amide bonds. The summed E-state index contributed by atoms with van der Waals surface area (Å²) < 4.78 is 0. The zero-order valence-corrected chi connectivity index (χ0v) is 13.4. The molecule has 0 radical (unpaired) electrons. The summed E-state index contributed by atoms with van der Waals surface area (Å²) in [6.45, 7) is 8.00. The largest absolute Gasteiger partial charge is 0.168 e. The third kappa shape index (κ3) is 10.7. The molecule has 0 saturated heterocycles. The first kappa shape index (κ1) is 19.2. The zero-order valence-electron chi connectivity index (χ0n) is 11.1. The molecule has 92 valence electrons. The molecule has 0 bridgehead atoms. The van der Waals surface area contributed by atoms with E-state index in [9.17, 15) is 0 Å². The first-order valence-electron chi connectivity index (χ1n) is 5.57. The average molecular weight is 285 g/mol. The molecule has 0 aliphatic carbocycles. The van der Waals surface area contributed by atoms with Crippen molar-refractivity contribution in [1.29, 1.82) is 0 Å². The summed E-state index contributed by atoms with van der Waals surface area (Å²) in [5, 5.41) is 2.66. The van der Waals surface area contributed by atoms with Crippen molar-refractivity contribution < 1.29 is 19.4 Å². The van der Waals surface area contributed by atoms with Crippen LogP contribution in [0.15, 0.2) is 42.5 Å². The topological polar surface area (TPSA) is 0 Å². The molecule has 2 aromatic rings. The molecule has 2 aromatic carbocycles. The van der Waals surface area contributed by atoms with Crippen LogP contribution in [0.3, 0.4) is 0 Å². The standard InChI is InChI=1S/C9H7.2C3H7.ClH.Ti/c1-2-5-9-7-3-6-8(9)4-1;2*1-3-2;;/h1-7H;2*3H,1-2H3;1H;/q3*-1;;+4/p-1. The summed E-state index contributed by atoms with van der Waals surface area (Å²) in [7, 11) is 4.64. The normalized spacial score (nSPS) is 7.94. The van der Waals surface area contributed by atoms with E-state index in [2.05, 4.69) is 51.8 Å². The maximum atomic E-state index is 4.64. The van der Waals surface area contributed by atoms with Crippen molar-refractivity contribution in [2.45, 2.75) is 27.7 Å². The maximum absolute atomic E-state index is 4.64. The monoisotopic (exact) mass is 284 g/mol. The molecule has 0 aliphatic heterocycles. The second-order valence-electron chi connectivity index (χ2n) is 3.31. The molecular formula is C15H21ClTi. The smallest absolute Gasteiger partial charge is 0.0809 e. The maximum Gasteiger partial charge on any atom is -0.0809 e. The van der Waals surface area contributed by atoms with E-state index in [1.165, 1.54) is 30.1 Å². The molecule has 0 unspecified atom stereocenters. The third-order valence-electron chi connectivity index (χ3n) is 1.55. The minimum absolute atomic E-state index is 1.33. The van der Waals surface area contributed by atoms with E-state index >= 15 is 0 Å². The summed E-state index contributed by atoms with van der Waals surface area (Å²) in [5.41, 5.74) is 0. The number of halogens is 1. The molecule has 0 heterocycles. The van der Waals surface area contributed by atoms with Gasteiger partial charge in [0.1, 0.15) is 0 Å². The van der Waals surface area contributed by atoms with Gasteiger partial charge < -0.3 is 12.8 Å². The van der Waals surface area contributed by atoms with Crippen molar-refractivity contribution >= 4 is 20.1 Å². The van der Waals surface area contributed by atoms with Gasteiger partial charge in [-0.1, -0.05) is 6.07 Å². The number of rotatable bonds is 0. The molecule has 2 rings (SSSR count). The van der Waals surface area contributed by atoms with Crippen molar-refractivity contribution in [3.63, 3.8) is 0 Å². The summed E-state index contributed by atoms with van der Waals surface area (Å²) in [4.78, 5) is 0. The van der Waals surface area contributed by atoms with Gasteiger partial charge in [0.05, 0.1) is 0 Å². The van der Waals surface area contributed by atoms with E-state index in [0.29, 0.717) is 0 Å². The van der Waals surface area contributed by atoms with Crippen LogP contribution >= 0.6 is 9.30 Å². The predicted octanol–water partition coefficient (Wildman–Crippen LogP) is 5.71. The third-order valence-corrected chi connectivity index (χ3v) is 1.55. The SMILES string of the molecule is C[CH-]C.C[CH-]C.[Cl][Ti+3].c1ccc2[cH-]ccc2c1. The Labute approximate surface area is 122 Å². The Balaban J connectivity index is 0. The molecule has 0 saturated carbocycles. The van der Waals surface area contributed by atoms with Crippen LogP contribution in [0, 0.1) is 12.8 Å². The molecule has 0 aromatic heterocycles. The van der Waals surface area contributed by atoms with Gasteiger partial charge >= 0.3 is 28.7 Å². The van der Waals surface area contributed by atoms with Gasteiger partial charge in [0.15, 0.2) is 0 Å². The van der Waals surface area contributed by atoms with Gasteiger partial charge in [-0.25, -0.2) is 0 Å². The number of fused-ring (bicyclic) bond motifs is 1. The van der Waals surface area contributed by atoms with Gasteiger partial charge in [-0.2, -0.15) is 45.2 Å². The Kier molecular flexibility index (Phi) is 17.9. The molecule has 2 heteroatoms. The molecule has 0 atom stereocenters. The molecule has 0 aliphatic rings. The van der Waals surface area contributed by atoms with Crippen LogP contribution in [0.25, 0.3) is 10.8 Å². The van der Waals surface area contributed by atoms with Crippen molar-refractivity contribution in [3.05, 3.63) is 55.3 Å². The first-order chi connectivity index (χ1) is 8.29. The Morgan fingerprint density at radius 3 is 1.88 bits per heavy atom. The Morgan fingerprint density at radius 2 is 1.41 bits per heavy atom. The van der Waals surface area contributed by atoms with Gasteiger partial charge in [-0.05, 0) is 0 Å². The Morgan fingerprint density at radius 1 is 0.941 bits per heavy atom. The van der Waals surface area contributed by atoms with E-state index in [1.54, 1.807) is 0 Å². The van der Waals surface area contributed by atoms with E-state index in [4.69, 9.17) is 0 Å². The van der Waals surface area contributed by atoms with Crippen LogP contribution in [0.2, 0.25) is 0 Å². The molecule has 0 N–H and O–H groups in total. The van der Waals surface area contributed by atoms with Gasteiger partial charge in [-0.3, -0.25) is 0 Å². The van der Waals surface area contributed by atoms with Crippen molar-refractivity contribution in [3.8, 4) is 0 Å². The van der Waals surface area contributed by atoms with E-state index in [1.807, 2.05) is 40.5 Å². The van der Waals surface area contributed by atoms with Gasteiger partial charge in [0, 0.05) is 0 Å². The van der Waals surface area contributed by atoms with Crippen molar-refractivity contribution in [1.82, 2.24) is 0 Å². The second kappa shape index (κ2) is 15.8. The van der Waals surface area contributed by atoms with Gasteiger partial charge in [-0.15, -0.1) is 29.7 Å². The number of hydrogen-bond donors (Lipinski definition) is 0. The van der Waals surface area contributed by atoms with Crippen molar-refractivity contribution in [2.75, 3.05) is 0 Å². The van der Waals surface area contributed by atoms with Gasteiger partial charge in [0.2, 0.25) is 0 Å². The van der Waals surface area contributed by atoms with E-state index < -0.39 is 0 Å². The van der Waals surface area contributed by atoms with E-state index in [0.717, 1.165) is 0 Å². The minimum Gasteiger partial charge on any atom is -0.168 e. The van der Waals surface area contributed by atoms with Crippen molar-refractivity contribution in [2.24, 2.45) is 0 Å². The van der Waals surface area contributed by atoms with Crippen LogP contribution in [-0.4, -0.2) is 0 Å². The summed E-state index contributed by atoms with van der Waals surface area (Å²) in [5.74, 6) is 0. The summed E-state index contributed by atoms with van der Waals surface area (Å²) in [6.07, 6.45) is 4.00. The fourth-order valence-electron chi connectivity index (χ4n) is 1.07. The predicted molar refractivity (Wildman–Crippen MR) is 76.7 cm³/mol. The fourth-order valence-corrected chi connectivity index (χ4v) is 1.07. The Hall–Kier alpha value is -0.166. The number of hydrogen-bond acceptors (Lipinski definition) is 0. The second-order valence-corrected chi connectivity index (χ2v) is 3.31. The van der Waals surface area contributed by atoms with Gasteiger partial charge in [0.25, 0.3) is 0 Å². The summed E-state index contributed by atoms with van der Waals surface area (Å²) in [6, 6.07) is 14.7. The number of benzene rings is 1. The zero-order chi connectivity index (χ0) is 13.5. The molecule has 17 heavy (non-hydrogen) atoms.